The molecule has 0 N–H and O–H groups in total. The van der Waals surface area contributed by atoms with E-state index in [1.54, 1.807) is 0 Å². The van der Waals surface area contributed by atoms with Gasteiger partial charge in [0.05, 0.1) is 0 Å². The molecule has 0 aliphatic carbocycles. The second kappa shape index (κ2) is 2.46. The fourth-order valence-corrected chi connectivity index (χ4v) is 1.45. The van der Waals surface area contributed by atoms with Gasteiger partial charge in [-0.15, -0.1) is 0 Å². The van der Waals surface area contributed by atoms with Crippen molar-refractivity contribution < 1.29 is 8.78 Å². The molecule has 1 saturated heterocycles. The Labute approximate surface area is 60.0 Å². The quantitative estimate of drug-likeness (QED) is 0.544. The highest BCUT2D eigenvalue weighted by atomic mass is 19.2. The third-order valence-corrected chi connectivity index (χ3v) is 2.19. The van der Waals surface area contributed by atoms with Gasteiger partial charge in [0.1, 0.15) is 6.67 Å². The summed E-state index contributed by atoms with van der Waals surface area (Å²) in [5.41, 5.74) is -1.56. The first kappa shape index (κ1) is 7.92. The number of nitrogens with zero attached hydrogens (tertiary/aromatic N) is 1. The predicted molar refractivity (Wildman–Crippen MR) is 36.5 cm³/mol. The van der Waals surface area contributed by atoms with Gasteiger partial charge in [0.25, 0.3) is 0 Å². The van der Waals surface area contributed by atoms with E-state index in [9.17, 15) is 8.78 Å². The molecule has 0 spiro atoms. The van der Waals surface area contributed by atoms with Crippen LogP contribution in [-0.2, 0) is 0 Å². The number of halogens is 2. The zero-order valence-electron chi connectivity index (χ0n) is 6.40. The maximum atomic E-state index is 13.1. The third kappa shape index (κ3) is 1.29. The summed E-state index contributed by atoms with van der Waals surface area (Å²) in [5, 5.41) is 0. The summed E-state index contributed by atoms with van der Waals surface area (Å²) in [5.74, 6) is 0. The van der Waals surface area contributed by atoms with Gasteiger partial charge in [0, 0.05) is 19.0 Å². The third-order valence-electron chi connectivity index (χ3n) is 2.19. The standard InChI is InChI=1S/C7H13F2N/c1-6-3-7(9,4-8)5-10(6)2/h6H,3-5H2,1-2H3/t6-,7-/m1/s1. The average molecular weight is 149 g/mol. The van der Waals surface area contributed by atoms with Gasteiger partial charge in [0.15, 0.2) is 5.67 Å². The summed E-state index contributed by atoms with van der Waals surface area (Å²) < 4.78 is 25.2. The summed E-state index contributed by atoms with van der Waals surface area (Å²) in [4.78, 5) is 1.85. The second-order valence-corrected chi connectivity index (χ2v) is 3.25. The first-order valence-corrected chi connectivity index (χ1v) is 3.52. The second-order valence-electron chi connectivity index (χ2n) is 3.25. The van der Waals surface area contributed by atoms with E-state index < -0.39 is 12.3 Å². The molecule has 0 aromatic heterocycles. The van der Waals surface area contributed by atoms with Crippen LogP contribution in [0.25, 0.3) is 0 Å². The molecule has 0 amide bonds. The van der Waals surface area contributed by atoms with E-state index in [-0.39, 0.29) is 12.6 Å². The summed E-state index contributed by atoms with van der Waals surface area (Å²) >= 11 is 0. The van der Waals surface area contributed by atoms with Gasteiger partial charge in [-0.3, -0.25) is 0 Å². The van der Waals surface area contributed by atoms with E-state index >= 15 is 0 Å². The van der Waals surface area contributed by atoms with Crippen molar-refractivity contribution in [1.82, 2.24) is 4.90 Å². The molecular weight excluding hydrogens is 136 g/mol. The highest BCUT2D eigenvalue weighted by Gasteiger charge is 2.40. The van der Waals surface area contributed by atoms with Gasteiger partial charge < -0.3 is 4.90 Å². The fourth-order valence-electron chi connectivity index (χ4n) is 1.45. The van der Waals surface area contributed by atoms with Crippen LogP contribution in [0.4, 0.5) is 8.78 Å². The van der Waals surface area contributed by atoms with Crippen LogP contribution in [0, 0.1) is 0 Å². The highest BCUT2D eigenvalue weighted by molar-refractivity contribution is 4.93. The molecule has 1 nitrogen and oxygen atoms in total. The predicted octanol–water partition coefficient (Wildman–Crippen LogP) is 1.39. The van der Waals surface area contributed by atoms with E-state index in [0.717, 1.165) is 0 Å². The van der Waals surface area contributed by atoms with Gasteiger partial charge in [-0.2, -0.15) is 0 Å². The maximum Gasteiger partial charge on any atom is 0.153 e. The molecule has 1 aliphatic rings. The molecule has 1 heterocycles. The maximum absolute atomic E-state index is 13.1. The first-order valence-electron chi connectivity index (χ1n) is 3.52. The summed E-state index contributed by atoms with van der Waals surface area (Å²) in [6, 6.07) is 0.181. The Morgan fingerprint density at radius 2 is 2.30 bits per heavy atom. The lowest BCUT2D eigenvalue weighted by atomic mass is 10.1. The minimum Gasteiger partial charge on any atom is -0.300 e. The molecule has 2 atom stereocenters. The van der Waals surface area contributed by atoms with Gasteiger partial charge in [-0.1, -0.05) is 0 Å². The van der Waals surface area contributed by atoms with Crippen LogP contribution in [-0.4, -0.2) is 36.9 Å². The summed E-state index contributed by atoms with van der Waals surface area (Å²) in [6.07, 6.45) is 0.333. The van der Waals surface area contributed by atoms with Gasteiger partial charge in [0.2, 0.25) is 0 Å². The van der Waals surface area contributed by atoms with Crippen molar-refractivity contribution in [3.8, 4) is 0 Å². The monoisotopic (exact) mass is 149 g/mol. The van der Waals surface area contributed by atoms with E-state index in [0.29, 0.717) is 6.42 Å². The molecule has 1 fully saturated rings. The molecule has 1 aliphatic heterocycles. The van der Waals surface area contributed by atoms with Crippen molar-refractivity contribution >= 4 is 0 Å². The van der Waals surface area contributed by atoms with Crippen molar-refractivity contribution in [1.29, 1.82) is 0 Å². The van der Waals surface area contributed by atoms with Gasteiger partial charge in [-0.05, 0) is 14.0 Å². The van der Waals surface area contributed by atoms with Crippen LogP contribution in [0.3, 0.4) is 0 Å². The van der Waals surface area contributed by atoms with Gasteiger partial charge >= 0.3 is 0 Å². The molecular formula is C7H13F2N. The average Bonchev–Trinajstić information content (AvgIpc) is 2.10. The van der Waals surface area contributed by atoms with Crippen LogP contribution < -0.4 is 0 Å². The number of hydrogen-bond acceptors (Lipinski definition) is 1. The number of hydrogen-bond donors (Lipinski definition) is 0. The molecule has 0 saturated carbocycles. The molecule has 0 radical (unpaired) electrons. The molecule has 0 bridgehead atoms. The molecule has 10 heavy (non-hydrogen) atoms. The Bertz CT molecular complexity index is 117. The van der Waals surface area contributed by atoms with E-state index in [4.69, 9.17) is 0 Å². The Morgan fingerprint density at radius 1 is 1.70 bits per heavy atom. The first-order chi connectivity index (χ1) is 4.57. The van der Waals surface area contributed by atoms with E-state index in [1.807, 2.05) is 18.9 Å². The molecule has 0 unspecified atom stereocenters. The van der Waals surface area contributed by atoms with Crippen molar-refractivity contribution in [2.75, 3.05) is 20.3 Å². The van der Waals surface area contributed by atoms with Crippen LogP contribution in [0.1, 0.15) is 13.3 Å². The van der Waals surface area contributed by atoms with E-state index in [2.05, 4.69) is 0 Å². The lowest BCUT2D eigenvalue weighted by Crippen LogP contribution is -2.29. The fraction of sp³-hybridized carbons (Fsp3) is 1.00. The number of rotatable bonds is 1. The van der Waals surface area contributed by atoms with Crippen LogP contribution in [0.2, 0.25) is 0 Å². The summed E-state index contributed by atoms with van der Waals surface area (Å²) in [7, 11) is 1.82. The molecule has 0 aromatic rings. The Kier molecular flexibility index (Phi) is 1.95. The molecule has 3 heteroatoms. The lowest BCUT2D eigenvalue weighted by molar-refractivity contribution is 0.130. The van der Waals surface area contributed by atoms with Crippen LogP contribution in [0.15, 0.2) is 0 Å². The minimum atomic E-state index is -1.56. The minimum absolute atomic E-state index is 0.181. The van der Waals surface area contributed by atoms with Crippen LogP contribution >= 0.6 is 0 Å². The zero-order valence-corrected chi connectivity index (χ0v) is 6.40. The van der Waals surface area contributed by atoms with Crippen molar-refractivity contribution in [2.24, 2.45) is 0 Å². The number of likely N-dealkylation sites (tertiary alicyclic amines) is 1. The molecule has 1 rings (SSSR count). The lowest BCUT2D eigenvalue weighted by Gasteiger charge is -2.13. The molecule has 0 aromatic carbocycles. The summed E-state index contributed by atoms with van der Waals surface area (Å²) in [6.45, 7) is 1.31. The highest BCUT2D eigenvalue weighted by Crippen LogP contribution is 2.29. The van der Waals surface area contributed by atoms with Gasteiger partial charge in [-0.25, -0.2) is 8.78 Å². The Morgan fingerprint density at radius 3 is 2.50 bits per heavy atom. The van der Waals surface area contributed by atoms with Crippen molar-refractivity contribution in [3.63, 3.8) is 0 Å². The Hall–Kier alpha value is -0.180. The van der Waals surface area contributed by atoms with Crippen molar-refractivity contribution in [2.45, 2.75) is 25.1 Å². The van der Waals surface area contributed by atoms with Crippen molar-refractivity contribution in [3.05, 3.63) is 0 Å². The SMILES string of the molecule is C[C@@H]1C[C@@](F)(CF)CN1C. The zero-order chi connectivity index (χ0) is 7.78. The smallest absolute Gasteiger partial charge is 0.153 e. The Balaban J connectivity index is 2.55. The van der Waals surface area contributed by atoms with E-state index in [1.165, 1.54) is 0 Å². The largest absolute Gasteiger partial charge is 0.300 e. The topological polar surface area (TPSA) is 3.24 Å². The molecule has 60 valence electrons. The normalized spacial score (nSPS) is 42.6. The van der Waals surface area contributed by atoms with Crippen LogP contribution in [0.5, 0.6) is 0 Å². The number of alkyl halides is 2.